The molecule has 1 aliphatic rings. The molecule has 0 saturated heterocycles. The van der Waals surface area contributed by atoms with Crippen LogP contribution in [0.25, 0.3) is 10.6 Å². The summed E-state index contributed by atoms with van der Waals surface area (Å²) in [5.41, 5.74) is 4.87. The smallest absolute Gasteiger partial charge is 0.358 e. The van der Waals surface area contributed by atoms with E-state index in [1.54, 1.807) is 5.38 Å². The number of carbonyl (C=O) groups is 2. The van der Waals surface area contributed by atoms with Crippen molar-refractivity contribution >= 4 is 23.2 Å². The number of nitrogens with zero attached hydrogens (tertiary/aromatic N) is 1. The topological polar surface area (TPSA) is 68.3 Å². The lowest BCUT2D eigenvalue weighted by Crippen LogP contribution is -2.34. The molecule has 30 heavy (non-hydrogen) atoms. The van der Waals surface area contributed by atoms with Crippen LogP contribution in [0.5, 0.6) is 0 Å². The quantitative estimate of drug-likeness (QED) is 0.586. The van der Waals surface area contributed by atoms with Gasteiger partial charge in [0.05, 0.1) is 6.04 Å². The van der Waals surface area contributed by atoms with Crippen molar-refractivity contribution in [3.63, 3.8) is 0 Å². The van der Waals surface area contributed by atoms with E-state index in [1.807, 2.05) is 24.3 Å². The molecule has 1 amide bonds. The molecule has 1 N–H and O–H groups in total. The van der Waals surface area contributed by atoms with Crippen molar-refractivity contribution in [3.05, 3.63) is 76.3 Å². The Morgan fingerprint density at radius 1 is 1.17 bits per heavy atom. The first-order valence-corrected chi connectivity index (χ1v) is 11.1. The molecule has 0 unspecified atom stereocenters. The Bertz CT molecular complexity index is 1040. The minimum absolute atomic E-state index is 0.0295. The Morgan fingerprint density at radius 2 is 1.97 bits per heavy atom. The van der Waals surface area contributed by atoms with E-state index in [0.717, 1.165) is 41.8 Å². The Hall–Kier alpha value is -2.99. The highest BCUT2D eigenvalue weighted by Gasteiger charge is 2.22. The van der Waals surface area contributed by atoms with Gasteiger partial charge in [-0.1, -0.05) is 55.5 Å². The maximum atomic E-state index is 12.3. The average molecular weight is 421 g/mol. The summed E-state index contributed by atoms with van der Waals surface area (Å²) >= 11 is 1.39. The van der Waals surface area contributed by atoms with Gasteiger partial charge in [0.15, 0.2) is 12.3 Å². The fourth-order valence-electron chi connectivity index (χ4n) is 3.73. The van der Waals surface area contributed by atoms with Crippen molar-refractivity contribution in [3.8, 4) is 10.6 Å². The lowest BCUT2D eigenvalue weighted by Gasteiger charge is -2.26. The number of rotatable bonds is 6. The molecule has 0 spiro atoms. The van der Waals surface area contributed by atoms with Crippen molar-refractivity contribution in [2.45, 2.75) is 38.6 Å². The van der Waals surface area contributed by atoms with E-state index in [1.165, 1.54) is 22.5 Å². The van der Waals surface area contributed by atoms with Gasteiger partial charge in [0.25, 0.3) is 5.91 Å². The second-order valence-electron chi connectivity index (χ2n) is 7.38. The molecule has 0 saturated carbocycles. The number of hydrogen-bond acceptors (Lipinski definition) is 5. The van der Waals surface area contributed by atoms with Gasteiger partial charge >= 0.3 is 5.97 Å². The molecule has 6 heteroatoms. The summed E-state index contributed by atoms with van der Waals surface area (Å²) in [5.74, 6) is -0.877. The van der Waals surface area contributed by atoms with Crippen LogP contribution < -0.4 is 5.32 Å². The number of hydrogen-bond donors (Lipinski definition) is 1. The molecule has 1 atom stereocenters. The molecular formula is C24H24N2O3S. The van der Waals surface area contributed by atoms with Gasteiger partial charge in [0, 0.05) is 10.9 Å². The SMILES string of the molecule is CCc1ccc(-c2nc(C(=O)OCC(=O)N[C@H]3CCCc4ccccc43)cs2)cc1. The van der Waals surface area contributed by atoms with E-state index in [4.69, 9.17) is 4.74 Å². The third-order valence-electron chi connectivity index (χ3n) is 5.36. The van der Waals surface area contributed by atoms with E-state index in [-0.39, 0.29) is 24.2 Å². The van der Waals surface area contributed by atoms with Gasteiger partial charge in [-0.2, -0.15) is 0 Å². The summed E-state index contributed by atoms with van der Waals surface area (Å²) in [6, 6.07) is 16.2. The number of nitrogens with one attached hydrogen (secondary N) is 1. The Labute approximate surface area is 180 Å². The van der Waals surface area contributed by atoms with Crippen molar-refractivity contribution in [2.75, 3.05) is 6.61 Å². The van der Waals surface area contributed by atoms with Gasteiger partial charge in [0.1, 0.15) is 5.01 Å². The maximum absolute atomic E-state index is 12.3. The molecule has 4 rings (SSSR count). The number of amides is 1. The van der Waals surface area contributed by atoms with Crippen LogP contribution in [0, 0.1) is 0 Å². The van der Waals surface area contributed by atoms with Crippen molar-refractivity contribution in [2.24, 2.45) is 0 Å². The van der Waals surface area contributed by atoms with Crippen LogP contribution in [0.3, 0.4) is 0 Å². The zero-order chi connectivity index (χ0) is 20.9. The lowest BCUT2D eigenvalue weighted by atomic mass is 9.88. The zero-order valence-corrected chi connectivity index (χ0v) is 17.7. The summed E-state index contributed by atoms with van der Waals surface area (Å²) in [6.45, 7) is 1.80. The molecule has 2 aromatic carbocycles. The number of fused-ring (bicyclic) bond motifs is 1. The van der Waals surface area contributed by atoms with E-state index in [9.17, 15) is 9.59 Å². The van der Waals surface area contributed by atoms with Crippen LogP contribution in [0.15, 0.2) is 53.9 Å². The minimum Gasteiger partial charge on any atom is -0.451 e. The first-order chi connectivity index (χ1) is 14.6. The van der Waals surface area contributed by atoms with Gasteiger partial charge in [-0.05, 0) is 42.4 Å². The molecule has 0 bridgehead atoms. The highest BCUT2D eigenvalue weighted by atomic mass is 32.1. The number of aryl methyl sites for hydroxylation is 2. The standard InChI is InChI=1S/C24H24N2O3S/c1-2-16-10-12-18(13-11-16)23-26-21(15-30-23)24(28)29-14-22(27)25-20-9-5-7-17-6-3-4-8-19(17)20/h3-4,6,8,10-13,15,20H,2,5,7,9,14H2,1H3,(H,25,27)/t20-/m0/s1. The third kappa shape index (κ3) is 4.60. The third-order valence-corrected chi connectivity index (χ3v) is 6.25. The fraction of sp³-hybridized carbons (Fsp3) is 0.292. The maximum Gasteiger partial charge on any atom is 0.358 e. The molecule has 1 heterocycles. The molecule has 3 aromatic rings. The van der Waals surface area contributed by atoms with E-state index in [2.05, 4.69) is 41.5 Å². The van der Waals surface area contributed by atoms with Gasteiger partial charge in [-0.25, -0.2) is 9.78 Å². The molecule has 0 aliphatic heterocycles. The average Bonchev–Trinajstić information content (AvgIpc) is 3.28. The highest BCUT2D eigenvalue weighted by molar-refractivity contribution is 7.13. The number of aromatic nitrogens is 1. The first kappa shape index (κ1) is 20.3. The van der Waals surface area contributed by atoms with Crippen LogP contribution in [0.1, 0.15) is 53.0 Å². The summed E-state index contributed by atoms with van der Waals surface area (Å²) in [4.78, 5) is 29.0. The van der Waals surface area contributed by atoms with Crippen LogP contribution in [0.2, 0.25) is 0 Å². The number of ether oxygens (including phenoxy) is 1. The van der Waals surface area contributed by atoms with Gasteiger partial charge in [-0.15, -0.1) is 11.3 Å². The Kier molecular flexibility index (Phi) is 6.23. The second kappa shape index (κ2) is 9.22. The number of esters is 1. The molecule has 0 radical (unpaired) electrons. The van der Waals surface area contributed by atoms with E-state index < -0.39 is 5.97 Å². The van der Waals surface area contributed by atoms with Crippen LogP contribution >= 0.6 is 11.3 Å². The van der Waals surface area contributed by atoms with Crippen molar-refractivity contribution in [1.29, 1.82) is 0 Å². The number of benzene rings is 2. The van der Waals surface area contributed by atoms with Gasteiger partial charge in [0.2, 0.25) is 0 Å². The molecular weight excluding hydrogens is 396 g/mol. The summed E-state index contributed by atoms with van der Waals surface area (Å²) in [5, 5.41) is 5.41. The molecule has 1 aromatic heterocycles. The largest absolute Gasteiger partial charge is 0.451 e. The van der Waals surface area contributed by atoms with Gasteiger partial charge < -0.3 is 10.1 Å². The molecule has 154 valence electrons. The van der Waals surface area contributed by atoms with Crippen molar-refractivity contribution < 1.29 is 14.3 Å². The first-order valence-electron chi connectivity index (χ1n) is 10.2. The monoisotopic (exact) mass is 420 g/mol. The Balaban J connectivity index is 1.33. The number of thiazole rings is 1. The normalized spacial score (nSPS) is 15.3. The summed E-state index contributed by atoms with van der Waals surface area (Å²) in [7, 11) is 0. The summed E-state index contributed by atoms with van der Waals surface area (Å²) < 4.78 is 5.20. The fourth-order valence-corrected chi connectivity index (χ4v) is 4.52. The van der Waals surface area contributed by atoms with Crippen LogP contribution in [-0.2, 0) is 22.4 Å². The minimum atomic E-state index is -0.582. The molecule has 0 fully saturated rings. The zero-order valence-electron chi connectivity index (χ0n) is 16.9. The second-order valence-corrected chi connectivity index (χ2v) is 8.23. The van der Waals surface area contributed by atoms with E-state index >= 15 is 0 Å². The highest BCUT2D eigenvalue weighted by Crippen LogP contribution is 2.29. The van der Waals surface area contributed by atoms with Crippen molar-refractivity contribution in [1.82, 2.24) is 10.3 Å². The van der Waals surface area contributed by atoms with Crippen LogP contribution in [0.4, 0.5) is 0 Å². The Morgan fingerprint density at radius 3 is 2.77 bits per heavy atom. The molecule has 5 nitrogen and oxygen atoms in total. The summed E-state index contributed by atoms with van der Waals surface area (Å²) in [6.07, 6.45) is 3.93. The van der Waals surface area contributed by atoms with Crippen LogP contribution in [-0.4, -0.2) is 23.5 Å². The lowest BCUT2D eigenvalue weighted by molar-refractivity contribution is -0.125. The van der Waals surface area contributed by atoms with E-state index in [0.29, 0.717) is 0 Å². The predicted molar refractivity (Wildman–Crippen MR) is 117 cm³/mol. The predicted octanol–water partition coefficient (Wildman–Crippen LogP) is 4.72. The number of carbonyl (C=O) groups excluding carboxylic acids is 2. The van der Waals surface area contributed by atoms with Gasteiger partial charge in [-0.3, -0.25) is 4.79 Å². The molecule has 1 aliphatic carbocycles.